The lowest BCUT2D eigenvalue weighted by atomic mass is 9.96. The van der Waals surface area contributed by atoms with E-state index < -0.39 is 0 Å². The summed E-state index contributed by atoms with van der Waals surface area (Å²) in [6.45, 7) is 0. The maximum atomic E-state index is 9.64. The van der Waals surface area contributed by atoms with Gasteiger partial charge in [-0.3, -0.25) is 5.43 Å². The highest BCUT2D eigenvalue weighted by Gasteiger charge is 2.13. The van der Waals surface area contributed by atoms with E-state index in [1.807, 2.05) is 0 Å². The summed E-state index contributed by atoms with van der Waals surface area (Å²) in [6.07, 6.45) is 7.61. The maximum absolute atomic E-state index is 9.64. The molecule has 0 radical (unpaired) electrons. The van der Waals surface area contributed by atoms with Crippen LogP contribution in [0.3, 0.4) is 0 Å². The van der Waals surface area contributed by atoms with Crippen LogP contribution in [0.5, 0.6) is 5.75 Å². The molecule has 1 aromatic carbocycles. The van der Waals surface area contributed by atoms with Crippen LogP contribution in [0.2, 0.25) is 5.02 Å². The van der Waals surface area contributed by atoms with Crippen LogP contribution in [0.4, 0.5) is 0 Å². The molecular formula is C14H18ClN3OS. The SMILES string of the molecule is Oc1ccc(Cl)cc1/C=N\NC(=S)NC1CCCCC1. The van der Waals surface area contributed by atoms with Gasteiger partial charge in [0.2, 0.25) is 0 Å². The first-order chi connectivity index (χ1) is 9.65. The number of hydrazone groups is 1. The molecule has 108 valence electrons. The third-order valence-corrected chi connectivity index (χ3v) is 3.74. The van der Waals surface area contributed by atoms with E-state index in [-0.39, 0.29) is 5.75 Å². The molecule has 0 bridgehead atoms. The summed E-state index contributed by atoms with van der Waals surface area (Å²) >= 11 is 11.0. The summed E-state index contributed by atoms with van der Waals surface area (Å²) in [5, 5.41) is 18.0. The molecule has 1 fully saturated rings. The topological polar surface area (TPSA) is 56.7 Å². The molecule has 3 N–H and O–H groups in total. The van der Waals surface area contributed by atoms with E-state index in [0.29, 0.717) is 21.7 Å². The van der Waals surface area contributed by atoms with Crippen LogP contribution in [0.1, 0.15) is 37.7 Å². The number of benzene rings is 1. The molecular weight excluding hydrogens is 294 g/mol. The van der Waals surface area contributed by atoms with Crippen molar-refractivity contribution >= 4 is 35.1 Å². The third kappa shape index (κ3) is 4.65. The lowest BCUT2D eigenvalue weighted by Crippen LogP contribution is -2.40. The van der Waals surface area contributed by atoms with Gasteiger partial charge in [-0.05, 0) is 43.3 Å². The van der Waals surface area contributed by atoms with E-state index in [1.165, 1.54) is 31.5 Å². The van der Waals surface area contributed by atoms with Gasteiger partial charge < -0.3 is 10.4 Å². The van der Waals surface area contributed by atoms with Crippen molar-refractivity contribution in [3.63, 3.8) is 0 Å². The van der Waals surface area contributed by atoms with Gasteiger partial charge in [-0.15, -0.1) is 0 Å². The number of hydrogen-bond acceptors (Lipinski definition) is 3. The average molecular weight is 312 g/mol. The molecule has 0 aromatic heterocycles. The normalized spacial score (nSPS) is 16.2. The number of rotatable bonds is 3. The minimum atomic E-state index is 0.131. The van der Waals surface area contributed by atoms with Gasteiger partial charge in [0.05, 0.1) is 6.21 Å². The number of nitrogens with zero attached hydrogens (tertiary/aromatic N) is 1. The first-order valence-electron chi connectivity index (χ1n) is 6.73. The van der Waals surface area contributed by atoms with E-state index in [4.69, 9.17) is 23.8 Å². The van der Waals surface area contributed by atoms with Gasteiger partial charge >= 0.3 is 0 Å². The van der Waals surface area contributed by atoms with E-state index in [2.05, 4.69) is 15.8 Å². The van der Waals surface area contributed by atoms with Crippen LogP contribution in [0.15, 0.2) is 23.3 Å². The van der Waals surface area contributed by atoms with Gasteiger partial charge in [0.15, 0.2) is 5.11 Å². The molecule has 0 saturated heterocycles. The zero-order chi connectivity index (χ0) is 14.4. The van der Waals surface area contributed by atoms with Crippen LogP contribution < -0.4 is 10.7 Å². The molecule has 1 saturated carbocycles. The summed E-state index contributed by atoms with van der Waals surface area (Å²) in [5.74, 6) is 0.131. The molecule has 0 atom stereocenters. The van der Waals surface area contributed by atoms with Crippen LogP contribution >= 0.6 is 23.8 Å². The second kappa shape index (κ2) is 7.45. The number of phenols is 1. The molecule has 1 aromatic rings. The quantitative estimate of drug-likeness (QED) is 0.456. The highest BCUT2D eigenvalue weighted by atomic mass is 35.5. The molecule has 1 aliphatic rings. The first-order valence-corrected chi connectivity index (χ1v) is 7.52. The number of thiocarbonyl (C=S) groups is 1. The van der Waals surface area contributed by atoms with Crippen LogP contribution in [0, 0.1) is 0 Å². The van der Waals surface area contributed by atoms with E-state index in [1.54, 1.807) is 12.1 Å². The van der Waals surface area contributed by atoms with Crippen molar-refractivity contribution in [1.82, 2.24) is 10.7 Å². The standard InChI is InChI=1S/C14H18ClN3OS/c15-11-6-7-13(19)10(8-11)9-16-18-14(20)17-12-4-2-1-3-5-12/h6-9,12,19H,1-5H2,(H2,17,18,20)/b16-9-. The van der Waals surface area contributed by atoms with Gasteiger partial charge in [-0.1, -0.05) is 30.9 Å². The molecule has 0 amide bonds. The van der Waals surface area contributed by atoms with E-state index >= 15 is 0 Å². The van der Waals surface area contributed by atoms with Crippen molar-refractivity contribution < 1.29 is 5.11 Å². The summed E-state index contributed by atoms with van der Waals surface area (Å²) < 4.78 is 0. The molecule has 2 rings (SSSR count). The van der Waals surface area contributed by atoms with Gasteiger partial charge in [-0.2, -0.15) is 5.10 Å². The fourth-order valence-electron chi connectivity index (χ4n) is 2.25. The predicted molar refractivity (Wildman–Crippen MR) is 86.5 cm³/mol. The Morgan fingerprint density at radius 3 is 2.85 bits per heavy atom. The fraction of sp³-hybridized carbons (Fsp3) is 0.429. The lowest BCUT2D eigenvalue weighted by molar-refractivity contribution is 0.412. The Bertz CT molecular complexity index is 501. The van der Waals surface area contributed by atoms with Crippen molar-refractivity contribution in [1.29, 1.82) is 0 Å². The number of hydrogen-bond donors (Lipinski definition) is 3. The molecule has 0 aliphatic heterocycles. The summed E-state index contributed by atoms with van der Waals surface area (Å²) in [5.41, 5.74) is 3.31. The van der Waals surface area contributed by atoms with Crippen LogP contribution in [-0.2, 0) is 0 Å². The Morgan fingerprint density at radius 1 is 1.35 bits per heavy atom. The van der Waals surface area contributed by atoms with Crippen LogP contribution in [0.25, 0.3) is 0 Å². The highest BCUT2D eigenvalue weighted by molar-refractivity contribution is 7.80. The highest BCUT2D eigenvalue weighted by Crippen LogP contribution is 2.19. The van der Waals surface area contributed by atoms with Crippen molar-refractivity contribution in [2.75, 3.05) is 0 Å². The smallest absolute Gasteiger partial charge is 0.187 e. The van der Waals surface area contributed by atoms with E-state index in [0.717, 1.165) is 12.8 Å². The van der Waals surface area contributed by atoms with Gasteiger partial charge in [0.1, 0.15) is 5.75 Å². The summed E-state index contributed by atoms with van der Waals surface area (Å²) in [6, 6.07) is 5.23. The largest absolute Gasteiger partial charge is 0.507 e. The molecule has 0 heterocycles. The molecule has 0 unspecified atom stereocenters. The second-order valence-electron chi connectivity index (χ2n) is 4.88. The zero-order valence-electron chi connectivity index (χ0n) is 11.1. The molecule has 6 heteroatoms. The Hall–Kier alpha value is -1.33. The van der Waals surface area contributed by atoms with Crippen molar-refractivity contribution in [2.45, 2.75) is 38.1 Å². The lowest BCUT2D eigenvalue weighted by Gasteiger charge is -2.23. The maximum Gasteiger partial charge on any atom is 0.187 e. The number of nitrogens with one attached hydrogen (secondary N) is 2. The second-order valence-corrected chi connectivity index (χ2v) is 5.73. The molecule has 0 spiro atoms. The minimum absolute atomic E-state index is 0.131. The molecule has 4 nitrogen and oxygen atoms in total. The fourth-order valence-corrected chi connectivity index (χ4v) is 2.65. The van der Waals surface area contributed by atoms with Crippen molar-refractivity contribution in [3.05, 3.63) is 28.8 Å². The summed E-state index contributed by atoms with van der Waals surface area (Å²) in [7, 11) is 0. The third-order valence-electron chi connectivity index (χ3n) is 3.30. The Kier molecular flexibility index (Phi) is 5.61. The average Bonchev–Trinajstić information content (AvgIpc) is 2.44. The Morgan fingerprint density at radius 2 is 2.10 bits per heavy atom. The number of aromatic hydroxyl groups is 1. The number of halogens is 1. The molecule has 20 heavy (non-hydrogen) atoms. The van der Waals surface area contributed by atoms with Gasteiger partial charge in [-0.25, -0.2) is 0 Å². The van der Waals surface area contributed by atoms with Crippen molar-refractivity contribution in [3.8, 4) is 5.75 Å². The zero-order valence-corrected chi connectivity index (χ0v) is 12.7. The van der Waals surface area contributed by atoms with Crippen LogP contribution in [-0.4, -0.2) is 22.5 Å². The molecule has 1 aliphatic carbocycles. The first kappa shape index (κ1) is 15.1. The summed E-state index contributed by atoms with van der Waals surface area (Å²) in [4.78, 5) is 0. The monoisotopic (exact) mass is 311 g/mol. The minimum Gasteiger partial charge on any atom is -0.507 e. The number of phenolic OH excluding ortho intramolecular Hbond substituents is 1. The van der Waals surface area contributed by atoms with Gasteiger partial charge in [0.25, 0.3) is 0 Å². The Balaban J connectivity index is 1.83. The van der Waals surface area contributed by atoms with Gasteiger partial charge in [0, 0.05) is 16.6 Å². The van der Waals surface area contributed by atoms with Crippen molar-refractivity contribution in [2.24, 2.45) is 5.10 Å². The van der Waals surface area contributed by atoms with E-state index in [9.17, 15) is 5.11 Å². The Labute approximate surface area is 129 Å². The predicted octanol–water partition coefficient (Wildman–Crippen LogP) is 3.18.